The van der Waals surface area contributed by atoms with Crippen LogP contribution < -0.4 is 20.5 Å². The van der Waals surface area contributed by atoms with E-state index in [-0.39, 0.29) is 18.7 Å². The van der Waals surface area contributed by atoms with Crippen molar-refractivity contribution in [2.24, 2.45) is 5.73 Å². The number of hydrogen-bond donors (Lipinski definition) is 2. The van der Waals surface area contributed by atoms with Crippen LogP contribution in [0.1, 0.15) is 18.4 Å². The molecule has 6 nitrogen and oxygen atoms in total. The average Bonchev–Trinajstić information content (AvgIpc) is 2.64. The lowest BCUT2D eigenvalue weighted by Crippen LogP contribution is -2.24. The van der Waals surface area contributed by atoms with Gasteiger partial charge in [0, 0.05) is 31.0 Å². The van der Waals surface area contributed by atoms with Crippen LogP contribution in [0.3, 0.4) is 0 Å². The normalized spacial score (nSPS) is 10.2. The summed E-state index contributed by atoms with van der Waals surface area (Å²) in [6, 6.07) is 13.5. The van der Waals surface area contributed by atoms with Crippen LogP contribution in [0.2, 0.25) is 0 Å². The minimum Gasteiger partial charge on any atom is -0.497 e. The molecule has 0 saturated carbocycles. The van der Waals surface area contributed by atoms with E-state index in [9.17, 15) is 9.59 Å². The van der Waals surface area contributed by atoms with E-state index in [0.29, 0.717) is 6.54 Å². The van der Waals surface area contributed by atoms with Crippen molar-refractivity contribution in [1.29, 1.82) is 0 Å². The van der Waals surface area contributed by atoms with E-state index in [1.807, 2.05) is 42.5 Å². The first-order valence-corrected chi connectivity index (χ1v) is 7.90. The Hall–Kier alpha value is -3.02. The summed E-state index contributed by atoms with van der Waals surface area (Å²) in [5, 5.41) is 2.76. The fraction of sp³-hybridized carbons (Fsp3) is 0.263. The van der Waals surface area contributed by atoms with Gasteiger partial charge >= 0.3 is 0 Å². The van der Waals surface area contributed by atoms with Gasteiger partial charge in [-0.05, 0) is 23.3 Å². The van der Waals surface area contributed by atoms with Crippen LogP contribution in [0.5, 0.6) is 11.5 Å². The van der Waals surface area contributed by atoms with Gasteiger partial charge < -0.3 is 20.5 Å². The van der Waals surface area contributed by atoms with Crippen molar-refractivity contribution in [2.45, 2.75) is 19.4 Å². The second-order valence-corrected chi connectivity index (χ2v) is 5.51. The summed E-state index contributed by atoms with van der Waals surface area (Å²) in [7, 11) is 3.23. The molecule has 2 aromatic rings. The maximum absolute atomic E-state index is 11.6. The van der Waals surface area contributed by atoms with Gasteiger partial charge in [-0.3, -0.25) is 9.59 Å². The molecular formula is C19H22N2O4. The predicted molar refractivity (Wildman–Crippen MR) is 95.3 cm³/mol. The lowest BCUT2D eigenvalue weighted by Gasteiger charge is -2.11. The number of methoxy groups -OCH3 is 2. The standard InChI is InChI=1S/C19H22N2O4/c1-24-15-7-8-16(17(11-15)25-2)14-5-3-13(4-6-14)12-21-19(23)10-9-18(20)22/h3-8,11H,9-10,12H2,1-2H3,(H2,20,22)(H,21,23). The number of amides is 2. The molecule has 0 fully saturated rings. The topological polar surface area (TPSA) is 90.6 Å². The molecule has 132 valence electrons. The number of carbonyl (C=O) groups excluding carboxylic acids is 2. The van der Waals surface area contributed by atoms with E-state index in [1.54, 1.807) is 14.2 Å². The Labute approximate surface area is 146 Å². The zero-order chi connectivity index (χ0) is 18.2. The van der Waals surface area contributed by atoms with E-state index in [4.69, 9.17) is 15.2 Å². The first kappa shape index (κ1) is 18.3. The molecule has 0 aliphatic rings. The number of rotatable bonds is 8. The molecule has 0 unspecified atom stereocenters. The Morgan fingerprint density at radius 3 is 2.32 bits per heavy atom. The molecule has 0 aliphatic heterocycles. The largest absolute Gasteiger partial charge is 0.497 e. The zero-order valence-electron chi connectivity index (χ0n) is 14.4. The minimum absolute atomic E-state index is 0.0576. The third-order valence-electron chi connectivity index (χ3n) is 3.76. The molecule has 0 aromatic heterocycles. The molecule has 0 spiro atoms. The van der Waals surface area contributed by atoms with Crippen LogP contribution in [0.15, 0.2) is 42.5 Å². The first-order chi connectivity index (χ1) is 12.0. The van der Waals surface area contributed by atoms with Crippen LogP contribution in [-0.2, 0) is 16.1 Å². The highest BCUT2D eigenvalue weighted by Gasteiger charge is 2.08. The number of benzene rings is 2. The van der Waals surface area contributed by atoms with Crippen molar-refractivity contribution in [3.8, 4) is 22.6 Å². The van der Waals surface area contributed by atoms with Crippen molar-refractivity contribution < 1.29 is 19.1 Å². The van der Waals surface area contributed by atoms with Gasteiger partial charge in [0.25, 0.3) is 0 Å². The zero-order valence-corrected chi connectivity index (χ0v) is 14.4. The minimum atomic E-state index is -0.479. The van der Waals surface area contributed by atoms with Gasteiger partial charge in [-0.15, -0.1) is 0 Å². The maximum Gasteiger partial charge on any atom is 0.220 e. The third-order valence-corrected chi connectivity index (χ3v) is 3.76. The molecule has 2 rings (SSSR count). The second kappa shape index (κ2) is 8.73. The number of primary amides is 1. The SMILES string of the molecule is COc1ccc(-c2ccc(CNC(=O)CCC(N)=O)cc2)c(OC)c1. The number of carbonyl (C=O) groups is 2. The number of hydrogen-bond acceptors (Lipinski definition) is 4. The number of ether oxygens (including phenoxy) is 2. The van der Waals surface area contributed by atoms with E-state index < -0.39 is 5.91 Å². The molecule has 2 aromatic carbocycles. The average molecular weight is 342 g/mol. The molecule has 0 atom stereocenters. The summed E-state index contributed by atoms with van der Waals surface area (Å²) in [5.41, 5.74) is 7.95. The Morgan fingerprint density at radius 2 is 1.72 bits per heavy atom. The monoisotopic (exact) mass is 342 g/mol. The molecule has 6 heteroatoms. The Morgan fingerprint density at radius 1 is 1.00 bits per heavy atom. The predicted octanol–water partition coefficient (Wildman–Crippen LogP) is 2.25. The molecule has 0 bridgehead atoms. The van der Waals surface area contributed by atoms with E-state index in [1.165, 1.54) is 0 Å². The highest BCUT2D eigenvalue weighted by Crippen LogP contribution is 2.33. The smallest absolute Gasteiger partial charge is 0.220 e. The molecular weight excluding hydrogens is 320 g/mol. The molecule has 0 aliphatic carbocycles. The Bertz CT molecular complexity index is 742. The molecule has 0 heterocycles. The number of nitrogens with two attached hydrogens (primary N) is 1. The van der Waals surface area contributed by atoms with Crippen molar-refractivity contribution in [2.75, 3.05) is 14.2 Å². The van der Waals surface area contributed by atoms with Crippen LogP contribution in [-0.4, -0.2) is 26.0 Å². The summed E-state index contributed by atoms with van der Waals surface area (Å²) >= 11 is 0. The van der Waals surface area contributed by atoms with Gasteiger partial charge in [0.2, 0.25) is 11.8 Å². The third kappa shape index (κ3) is 5.24. The van der Waals surface area contributed by atoms with E-state index >= 15 is 0 Å². The molecule has 0 radical (unpaired) electrons. The van der Waals surface area contributed by atoms with Gasteiger partial charge in [-0.25, -0.2) is 0 Å². The summed E-state index contributed by atoms with van der Waals surface area (Å²) in [5.74, 6) is 0.787. The van der Waals surface area contributed by atoms with Gasteiger partial charge in [-0.1, -0.05) is 24.3 Å². The van der Waals surface area contributed by atoms with Crippen molar-refractivity contribution >= 4 is 11.8 Å². The quantitative estimate of drug-likeness (QED) is 0.770. The second-order valence-electron chi connectivity index (χ2n) is 5.51. The maximum atomic E-state index is 11.6. The fourth-order valence-electron chi connectivity index (χ4n) is 2.36. The fourth-order valence-corrected chi connectivity index (χ4v) is 2.36. The summed E-state index contributed by atoms with van der Waals surface area (Å²) < 4.78 is 10.6. The van der Waals surface area contributed by atoms with Gasteiger partial charge in [-0.2, -0.15) is 0 Å². The highest BCUT2D eigenvalue weighted by molar-refractivity contribution is 5.82. The van der Waals surface area contributed by atoms with Crippen LogP contribution in [0.25, 0.3) is 11.1 Å². The van der Waals surface area contributed by atoms with Crippen LogP contribution in [0.4, 0.5) is 0 Å². The molecule has 2 amide bonds. The first-order valence-electron chi connectivity index (χ1n) is 7.90. The van der Waals surface area contributed by atoms with Gasteiger partial charge in [0.1, 0.15) is 11.5 Å². The van der Waals surface area contributed by atoms with Crippen LogP contribution >= 0.6 is 0 Å². The Kier molecular flexibility index (Phi) is 6.39. The summed E-state index contributed by atoms with van der Waals surface area (Å²) in [6.45, 7) is 0.400. The van der Waals surface area contributed by atoms with Crippen molar-refractivity contribution in [1.82, 2.24) is 5.32 Å². The highest BCUT2D eigenvalue weighted by atomic mass is 16.5. The van der Waals surface area contributed by atoms with Crippen molar-refractivity contribution in [3.63, 3.8) is 0 Å². The summed E-state index contributed by atoms with van der Waals surface area (Å²) in [4.78, 5) is 22.3. The summed E-state index contributed by atoms with van der Waals surface area (Å²) in [6.07, 6.45) is 0.165. The van der Waals surface area contributed by atoms with Gasteiger partial charge in [0.15, 0.2) is 0 Å². The van der Waals surface area contributed by atoms with Gasteiger partial charge in [0.05, 0.1) is 14.2 Å². The Balaban J connectivity index is 2.02. The van der Waals surface area contributed by atoms with E-state index in [2.05, 4.69) is 5.32 Å². The lowest BCUT2D eigenvalue weighted by molar-refractivity contribution is -0.125. The molecule has 25 heavy (non-hydrogen) atoms. The van der Waals surface area contributed by atoms with Crippen LogP contribution in [0, 0.1) is 0 Å². The molecule has 3 N–H and O–H groups in total. The molecule has 0 saturated heterocycles. The number of nitrogens with one attached hydrogen (secondary N) is 1. The van der Waals surface area contributed by atoms with E-state index in [0.717, 1.165) is 28.2 Å². The van der Waals surface area contributed by atoms with Crippen molar-refractivity contribution in [3.05, 3.63) is 48.0 Å². The lowest BCUT2D eigenvalue weighted by atomic mass is 10.0.